The lowest BCUT2D eigenvalue weighted by atomic mass is 10.0. The molecule has 1 aliphatic heterocycles. The number of halogens is 1. The summed E-state index contributed by atoms with van der Waals surface area (Å²) in [5, 5.41) is 12.5. The first-order chi connectivity index (χ1) is 14.6. The van der Waals surface area contributed by atoms with Crippen LogP contribution in [0.15, 0.2) is 48.7 Å². The van der Waals surface area contributed by atoms with Crippen molar-refractivity contribution in [3.63, 3.8) is 0 Å². The molecule has 0 saturated heterocycles. The molecule has 0 saturated carbocycles. The Labute approximate surface area is 179 Å². The molecule has 30 heavy (non-hydrogen) atoms. The number of anilines is 5. The Morgan fingerprint density at radius 1 is 1.13 bits per heavy atom. The summed E-state index contributed by atoms with van der Waals surface area (Å²) in [6.07, 6.45) is 3.10. The van der Waals surface area contributed by atoms with Gasteiger partial charge in [-0.2, -0.15) is 4.98 Å². The molecule has 4 rings (SSSR count). The van der Waals surface area contributed by atoms with Gasteiger partial charge in [-0.25, -0.2) is 9.78 Å². The molecule has 3 aromatic rings. The summed E-state index contributed by atoms with van der Waals surface area (Å²) in [5.41, 5.74) is 10.1. The monoisotopic (exact) mass is 423 g/mol. The minimum Gasteiger partial charge on any atom is -0.339 e. The van der Waals surface area contributed by atoms with Crippen LogP contribution in [0.1, 0.15) is 11.1 Å². The fourth-order valence-electron chi connectivity index (χ4n) is 3.22. The van der Waals surface area contributed by atoms with Crippen LogP contribution in [0.25, 0.3) is 0 Å². The fraction of sp³-hybridized carbons (Fsp3) is 0.190. The molecular weight excluding hydrogens is 402 g/mol. The number of carbonyl (C=O) groups excluding carboxylic acids is 1. The van der Waals surface area contributed by atoms with Crippen LogP contribution in [-0.4, -0.2) is 29.1 Å². The van der Waals surface area contributed by atoms with Crippen molar-refractivity contribution in [2.24, 2.45) is 5.73 Å². The highest BCUT2D eigenvalue weighted by Gasteiger charge is 2.12. The molecule has 6 N–H and O–H groups in total. The molecular formula is C21H22ClN7O. The Morgan fingerprint density at radius 3 is 2.87 bits per heavy atom. The molecule has 0 spiro atoms. The number of nitrogens with one attached hydrogen (secondary N) is 4. The van der Waals surface area contributed by atoms with Crippen LogP contribution in [-0.2, 0) is 12.8 Å². The van der Waals surface area contributed by atoms with Gasteiger partial charge in [0.2, 0.25) is 5.95 Å². The first kappa shape index (κ1) is 19.9. The Morgan fingerprint density at radius 2 is 2.00 bits per heavy atom. The molecule has 1 aliphatic rings. The van der Waals surface area contributed by atoms with Crippen LogP contribution in [0, 0.1) is 0 Å². The summed E-state index contributed by atoms with van der Waals surface area (Å²) in [5.74, 6) is 0.949. The van der Waals surface area contributed by atoms with Gasteiger partial charge in [-0.3, -0.25) is 0 Å². The lowest BCUT2D eigenvalue weighted by Crippen LogP contribution is -2.33. The number of nitrogens with zero attached hydrogens (tertiary/aromatic N) is 2. The minimum atomic E-state index is -0.282. The van der Waals surface area contributed by atoms with Crippen molar-refractivity contribution in [3.05, 3.63) is 64.8 Å². The van der Waals surface area contributed by atoms with Crippen molar-refractivity contribution in [2.75, 3.05) is 29.0 Å². The van der Waals surface area contributed by atoms with E-state index in [2.05, 4.69) is 43.4 Å². The van der Waals surface area contributed by atoms with Crippen molar-refractivity contribution in [2.45, 2.75) is 12.8 Å². The normalized spacial score (nSPS) is 12.3. The average Bonchev–Trinajstić information content (AvgIpc) is 2.75. The van der Waals surface area contributed by atoms with E-state index in [0.29, 0.717) is 29.9 Å². The highest BCUT2D eigenvalue weighted by Crippen LogP contribution is 2.29. The first-order valence-electron chi connectivity index (χ1n) is 9.64. The molecule has 0 radical (unpaired) electrons. The van der Waals surface area contributed by atoms with Gasteiger partial charge in [0.05, 0.1) is 6.20 Å². The van der Waals surface area contributed by atoms with E-state index in [9.17, 15) is 4.79 Å². The van der Waals surface area contributed by atoms with E-state index >= 15 is 0 Å². The van der Waals surface area contributed by atoms with E-state index in [1.165, 1.54) is 0 Å². The quantitative estimate of drug-likeness (QED) is 0.437. The van der Waals surface area contributed by atoms with Gasteiger partial charge >= 0.3 is 6.03 Å². The van der Waals surface area contributed by atoms with E-state index in [1.54, 1.807) is 6.20 Å². The number of carbonyl (C=O) groups is 1. The fourth-order valence-corrected chi connectivity index (χ4v) is 3.36. The molecule has 0 fully saturated rings. The lowest BCUT2D eigenvalue weighted by molar-refractivity contribution is 0.252. The summed E-state index contributed by atoms with van der Waals surface area (Å²) >= 11 is 6.29. The summed E-state index contributed by atoms with van der Waals surface area (Å²) in [6.45, 7) is 0.796. The number of hydrogen-bond donors (Lipinski definition) is 5. The lowest BCUT2D eigenvalue weighted by Gasteiger charge is -2.15. The van der Waals surface area contributed by atoms with E-state index in [4.69, 9.17) is 17.3 Å². The zero-order valence-electron chi connectivity index (χ0n) is 16.2. The van der Waals surface area contributed by atoms with Gasteiger partial charge in [-0.05, 0) is 54.3 Å². The SMILES string of the molecule is NCCNC(=O)Nc1ccc2cc1CCc1cccc(c1)Nc1ncc(Cl)c(n1)N2. The van der Waals surface area contributed by atoms with Gasteiger partial charge in [0.15, 0.2) is 5.82 Å². The second-order valence-corrected chi connectivity index (χ2v) is 7.29. The molecule has 0 unspecified atom stereocenters. The first-order valence-corrected chi connectivity index (χ1v) is 10.0. The third-order valence-electron chi connectivity index (χ3n) is 4.66. The van der Waals surface area contributed by atoms with Crippen molar-refractivity contribution in [3.8, 4) is 0 Å². The highest BCUT2D eigenvalue weighted by atomic mass is 35.5. The van der Waals surface area contributed by atoms with Crippen LogP contribution in [0.4, 0.5) is 33.6 Å². The van der Waals surface area contributed by atoms with Gasteiger partial charge in [0.25, 0.3) is 0 Å². The number of aryl methyl sites for hydroxylation is 2. The molecule has 2 aromatic carbocycles. The van der Waals surface area contributed by atoms with Gasteiger partial charge in [0, 0.05) is 30.2 Å². The smallest absolute Gasteiger partial charge is 0.319 e. The summed E-state index contributed by atoms with van der Waals surface area (Å²) < 4.78 is 0. The Bertz CT molecular complexity index is 1070. The Kier molecular flexibility index (Phi) is 5.97. The molecule has 0 aliphatic carbocycles. The standard InChI is InChI=1S/C21H22ClN7O/c22-17-12-25-20-27-15-3-1-2-13(10-15)4-5-14-11-16(26-19(17)29-20)6-7-18(14)28-21(30)24-9-8-23/h1-3,6-7,10-12H,4-5,8-9,23H2,(H2,24,28,30)(H2,25,26,27,29). The predicted molar refractivity (Wildman–Crippen MR) is 120 cm³/mol. The van der Waals surface area contributed by atoms with Crippen molar-refractivity contribution in [1.29, 1.82) is 0 Å². The van der Waals surface area contributed by atoms with E-state index in [1.807, 2.05) is 30.3 Å². The summed E-state index contributed by atoms with van der Waals surface area (Å²) in [6, 6.07) is 13.5. The number of benzene rings is 2. The maximum Gasteiger partial charge on any atom is 0.319 e. The molecule has 2 heterocycles. The van der Waals surface area contributed by atoms with E-state index < -0.39 is 0 Å². The summed E-state index contributed by atoms with van der Waals surface area (Å²) in [7, 11) is 0. The maximum absolute atomic E-state index is 12.1. The zero-order valence-corrected chi connectivity index (χ0v) is 17.0. The van der Waals surface area contributed by atoms with Gasteiger partial charge in [0.1, 0.15) is 5.02 Å². The number of amides is 2. The van der Waals surface area contributed by atoms with Crippen LogP contribution < -0.4 is 27.0 Å². The Hall–Kier alpha value is -3.36. The average molecular weight is 424 g/mol. The number of hydrogen-bond acceptors (Lipinski definition) is 6. The van der Waals surface area contributed by atoms with Crippen LogP contribution in [0.5, 0.6) is 0 Å². The molecule has 1 aromatic heterocycles. The molecule has 6 bridgehead atoms. The van der Waals surface area contributed by atoms with E-state index in [0.717, 1.165) is 41.0 Å². The number of nitrogens with two attached hydrogens (primary N) is 1. The van der Waals surface area contributed by atoms with Gasteiger partial charge < -0.3 is 27.0 Å². The molecule has 2 amide bonds. The van der Waals surface area contributed by atoms with Crippen LogP contribution in [0.2, 0.25) is 5.02 Å². The number of aromatic nitrogens is 2. The van der Waals surface area contributed by atoms with Crippen molar-refractivity contribution >= 4 is 46.5 Å². The predicted octanol–water partition coefficient (Wildman–Crippen LogP) is 3.80. The second kappa shape index (κ2) is 8.98. The topological polar surface area (TPSA) is 117 Å². The number of urea groups is 1. The number of rotatable bonds is 3. The largest absolute Gasteiger partial charge is 0.339 e. The van der Waals surface area contributed by atoms with Crippen molar-refractivity contribution < 1.29 is 4.79 Å². The summed E-state index contributed by atoms with van der Waals surface area (Å²) in [4.78, 5) is 20.9. The zero-order chi connectivity index (χ0) is 20.9. The van der Waals surface area contributed by atoms with Gasteiger partial charge in [-0.1, -0.05) is 23.7 Å². The van der Waals surface area contributed by atoms with Crippen LogP contribution >= 0.6 is 11.6 Å². The second-order valence-electron chi connectivity index (χ2n) is 6.88. The molecule has 8 nitrogen and oxygen atoms in total. The van der Waals surface area contributed by atoms with E-state index in [-0.39, 0.29) is 6.03 Å². The number of fused-ring (bicyclic) bond motifs is 6. The third kappa shape index (κ3) is 4.79. The third-order valence-corrected chi connectivity index (χ3v) is 4.93. The Balaban J connectivity index is 1.71. The molecule has 154 valence electrons. The maximum atomic E-state index is 12.1. The molecule has 9 heteroatoms. The van der Waals surface area contributed by atoms with Crippen molar-refractivity contribution in [1.82, 2.24) is 15.3 Å². The molecule has 0 atom stereocenters. The highest BCUT2D eigenvalue weighted by molar-refractivity contribution is 6.32. The minimum absolute atomic E-state index is 0.282. The van der Waals surface area contributed by atoms with Gasteiger partial charge in [-0.15, -0.1) is 0 Å². The van der Waals surface area contributed by atoms with Crippen LogP contribution in [0.3, 0.4) is 0 Å².